The van der Waals surface area contributed by atoms with Gasteiger partial charge < -0.3 is 14.8 Å². The fraction of sp³-hybridized carbons (Fsp3) is 0.273. The number of nitrogens with one attached hydrogen (secondary N) is 1. The highest BCUT2D eigenvalue weighted by atomic mass is 32.2. The standard InChI is InChI=1S/C44H44N2O8S2/c1-28(2)46(35-24-20-32(21-25-35)44(50)54-4)56(51,52)36-9-7-8-33(26-36)38(47)27-40-41(37-10-5-6-11-39(37)55-40)42(48)45-34-22-16-30(17-23-34)13-12-29-14-18-31(19-15-29)43(49)53-3/h7-9,14-26,28H,5-6,10-13,27H2,1-4H3,(H,45,48). The number of fused-ring (bicyclic) bond motifs is 1. The predicted molar refractivity (Wildman–Crippen MR) is 218 cm³/mol. The lowest BCUT2D eigenvalue weighted by molar-refractivity contribution is 0.0592. The van der Waals surface area contributed by atoms with E-state index >= 15 is 0 Å². The molecule has 0 spiro atoms. The van der Waals surface area contributed by atoms with Gasteiger partial charge in [0.2, 0.25) is 0 Å². The highest BCUT2D eigenvalue weighted by Crippen LogP contribution is 2.36. The van der Waals surface area contributed by atoms with Crippen molar-refractivity contribution in [1.82, 2.24) is 0 Å². The van der Waals surface area contributed by atoms with E-state index in [1.807, 2.05) is 36.4 Å². The molecule has 10 nitrogen and oxygen atoms in total. The zero-order valence-electron chi connectivity index (χ0n) is 31.8. The summed E-state index contributed by atoms with van der Waals surface area (Å²) in [5.41, 5.74) is 5.73. The first-order valence-electron chi connectivity index (χ1n) is 18.5. The maximum atomic E-state index is 14.1. The lowest BCUT2D eigenvalue weighted by atomic mass is 9.93. The molecule has 0 radical (unpaired) electrons. The molecule has 0 unspecified atom stereocenters. The fourth-order valence-corrected chi connectivity index (χ4v) is 10.0. The molecular formula is C44H44N2O8S2. The number of anilines is 2. The van der Waals surface area contributed by atoms with Crippen molar-refractivity contribution < 1.29 is 37.1 Å². The average Bonchev–Trinajstić information content (AvgIpc) is 3.58. The van der Waals surface area contributed by atoms with Crippen LogP contribution in [0.15, 0.2) is 102 Å². The van der Waals surface area contributed by atoms with Gasteiger partial charge in [-0.15, -0.1) is 11.3 Å². The fourth-order valence-electron chi connectivity index (χ4n) is 6.94. The Hall–Kier alpha value is -5.59. The molecule has 1 aliphatic carbocycles. The van der Waals surface area contributed by atoms with E-state index in [9.17, 15) is 27.6 Å². The number of rotatable bonds is 14. The second-order valence-corrected chi connectivity index (χ2v) is 16.9. The van der Waals surface area contributed by atoms with Gasteiger partial charge in [0.05, 0.1) is 41.5 Å². The van der Waals surface area contributed by atoms with E-state index < -0.39 is 22.0 Å². The number of ether oxygens (including phenoxy) is 2. The second-order valence-electron chi connectivity index (χ2n) is 13.9. The van der Waals surface area contributed by atoms with Gasteiger partial charge >= 0.3 is 11.9 Å². The van der Waals surface area contributed by atoms with E-state index in [4.69, 9.17) is 9.47 Å². The number of hydrogen-bond acceptors (Lipinski definition) is 9. The highest BCUT2D eigenvalue weighted by molar-refractivity contribution is 7.92. The van der Waals surface area contributed by atoms with Gasteiger partial charge in [0.25, 0.3) is 15.9 Å². The number of carbonyl (C=O) groups is 4. The van der Waals surface area contributed by atoms with Crippen LogP contribution in [-0.4, -0.2) is 52.3 Å². The van der Waals surface area contributed by atoms with Crippen LogP contribution in [0.5, 0.6) is 0 Å². The van der Waals surface area contributed by atoms with Crippen molar-refractivity contribution in [2.75, 3.05) is 23.8 Å². The second kappa shape index (κ2) is 17.5. The Balaban J connectivity index is 1.17. The number of amides is 1. The average molecular weight is 793 g/mol. The van der Waals surface area contributed by atoms with Crippen LogP contribution in [0.3, 0.4) is 0 Å². The summed E-state index contributed by atoms with van der Waals surface area (Å²) in [6.07, 6.45) is 5.06. The highest BCUT2D eigenvalue weighted by Gasteiger charge is 2.30. The van der Waals surface area contributed by atoms with Gasteiger partial charge in [-0.1, -0.05) is 36.4 Å². The first kappa shape index (κ1) is 40.1. The summed E-state index contributed by atoms with van der Waals surface area (Å²) < 4.78 is 38.9. The van der Waals surface area contributed by atoms with E-state index in [0.29, 0.717) is 32.9 Å². The zero-order valence-corrected chi connectivity index (χ0v) is 33.4. The lowest BCUT2D eigenvalue weighted by Gasteiger charge is -2.28. The molecule has 1 N–H and O–H groups in total. The Labute approximate surface area is 331 Å². The molecule has 1 amide bonds. The molecule has 4 aromatic carbocycles. The molecule has 0 bridgehead atoms. The number of hydrogen-bond donors (Lipinski definition) is 1. The van der Waals surface area contributed by atoms with Gasteiger partial charge in [0.15, 0.2) is 5.78 Å². The molecule has 0 saturated heterocycles. The topological polar surface area (TPSA) is 136 Å². The van der Waals surface area contributed by atoms with Crippen LogP contribution in [-0.2, 0) is 51.6 Å². The summed E-state index contributed by atoms with van der Waals surface area (Å²) in [4.78, 5) is 53.3. The number of benzene rings is 4. The maximum Gasteiger partial charge on any atom is 0.337 e. The van der Waals surface area contributed by atoms with E-state index in [-0.39, 0.29) is 34.5 Å². The number of carbonyl (C=O) groups excluding carboxylic acids is 4. The Kier molecular flexibility index (Phi) is 12.5. The molecule has 0 atom stereocenters. The lowest BCUT2D eigenvalue weighted by Crippen LogP contribution is -2.37. The number of aryl methyl sites for hydroxylation is 3. The first-order chi connectivity index (χ1) is 26.9. The third-order valence-corrected chi connectivity index (χ3v) is 13.1. The van der Waals surface area contributed by atoms with Crippen LogP contribution in [0.1, 0.15) is 94.6 Å². The van der Waals surface area contributed by atoms with Crippen molar-refractivity contribution in [3.63, 3.8) is 0 Å². The van der Waals surface area contributed by atoms with Crippen LogP contribution in [0.4, 0.5) is 11.4 Å². The van der Waals surface area contributed by atoms with E-state index in [0.717, 1.165) is 60.1 Å². The Morgan fingerprint density at radius 1 is 0.750 bits per heavy atom. The largest absolute Gasteiger partial charge is 0.465 e. The third-order valence-electron chi connectivity index (χ3n) is 9.81. The molecule has 0 saturated carbocycles. The van der Waals surface area contributed by atoms with Gasteiger partial charge in [-0.3, -0.25) is 13.9 Å². The van der Waals surface area contributed by atoms with Crippen molar-refractivity contribution in [2.24, 2.45) is 0 Å². The van der Waals surface area contributed by atoms with Crippen molar-refractivity contribution in [3.05, 3.63) is 146 Å². The summed E-state index contributed by atoms with van der Waals surface area (Å²) in [6.45, 7) is 3.49. The SMILES string of the molecule is COC(=O)c1ccc(CCc2ccc(NC(=O)c3c(CC(=O)c4cccc(S(=O)(=O)N(c5ccc(C(=O)OC)cc5)C(C)C)c4)sc4c3CCCC4)cc2)cc1. The van der Waals surface area contributed by atoms with Crippen LogP contribution in [0, 0.1) is 0 Å². The number of sulfonamides is 1. The summed E-state index contributed by atoms with van der Waals surface area (Å²) >= 11 is 1.49. The third kappa shape index (κ3) is 8.93. The Morgan fingerprint density at radius 3 is 1.91 bits per heavy atom. The summed E-state index contributed by atoms with van der Waals surface area (Å²) in [6, 6.07) is 26.7. The Bertz CT molecular complexity index is 2350. The number of nitrogens with zero attached hydrogens (tertiary/aromatic N) is 1. The molecular weight excluding hydrogens is 749 g/mol. The predicted octanol–water partition coefficient (Wildman–Crippen LogP) is 8.27. The minimum absolute atomic E-state index is 0.0440. The molecule has 0 aliphatic heterocycles. The molecule has 1 aliphatic rings. The molecule has 290 valence electrons. The van der Waals surface area contributed by atoms with Gasteiger partial charge in [0.1, 0.15) is 0 Å². The van der Waals surface area contributed by atoms with Gasteiger partial charge in [-0.2, -0.15) is 0 Å². The van der Waals surface area contributed by atoms with Crippen LogP contribution < -0.4 is 9.62 Å². The number of thiophene rings is 1. The molecule has 12 heteroatoms. The summed E-state index contributed by atoms with van der Waals surface area (Å²) in [5, 5.41) is 3.05. The molecule has 6 rings (SSSR count). The van der Waals surface area contributed by atoms with Crippen molar-refractivity contribution in [2.45, 2.75) is 69.7 Å². The van der Waals surface area contributed by atoms with Crippen molar-refractivity contribution >= 4 is 56.4 Å². The number of methoxy groups -OCH3 is 2. The summed E-state index contributed by atoms with van der Waals surface area (Å²) in [5.74, 6) is -1.46. The smallest absolute Gasteiger partial charge is 0.337 e. The van der Waals surface area contributed by atoms with E-state index in [1.165, 1.54) is 54.1 Å². The molecule has 1 heterocycles. The van der Waals surface area contributed by atoms with Crippen LogP contribution in [0.2, 0.25) is 0 Å². The molecule has 5 aromatic rings. The van der Waals surface area contributed by atoms with Crippen molar-refractivity contribution in [3.8, 4) is 0 Å². The minimum Gasteiger partial charge on any atom is -0.465 e. The van der Waals surface area contributed by atoms with Gasteiger partial charge in [0, 0.05) is 33.5 Å². The molecule has 0 fully saturated rings. The Morgan fingerprint density at radius 2 is 1.32 bits per heavy atom. The summed E-state index contributed by atoms with van der Waals surface area (Å²) in [7, 11) is -1.48. The quantitative estimate of drug-likeness (QED) is 0.0877. The molecule has 56 heavy (non-hydrogen) atoms. The maximum absolute atomic E-state index is 14.1. The number of ketones is 1. The van der Waals surface area contributed by atoms with Gasteiger partial charge in [-0.05, 0) is 130 Å². The van der Waals surface area contributed by atoms with E-state index in [2.05, 4.69) is 5.32 Å². The van der Waals surface area contributed by atoms with Crippen LogP contribution in [0.25, 0.3) is 0 Å². The van der Waals surface area contributed by atoms with E-state index in [1.54, 1.807) is 50.2 Å². The van der Waals surface area contributed by atoms with Crippen molar-refractivity contribution in [1.29, 1.82) is 0 Å². The molecule has 1 aromatic heterocycles. The number of Topliss-reactive ketones (excluding diaryl/α,β-unsaturated/α-hetero) is 1. The normalized spacial score (nSPS) is 12.4. The minimum atomic E-state index is -4.12. The first-order valence-corrected chi connectivity index (χ1v) is 20.7. The monoisotopic (exact) mass is 792 g/mol. The van der Waals surface area contributed by atoms with Crippen LogP contribution >= 0.6 is 11.3 Å². The number of esters is 2. The van der Waals surface area contributed by atoms with Gasteiger partial charge in [-0.25, -0.2) is 18.0 Å². The zero-order chi connectivity index (χ0) is 40.0.